The number of carbonyl (C=O) groups excluding carboxylic acids is 2. The van der Waals surface area contributed by atoms with Gasteiger partial charge in [-0.2, -0.15) is 8.78 Å². The predicted molar refractivity (Wildman–Crippen MR) is 157 cm³/mol. The summed E-state index contributed by atoms with van der Waals surface area (Å²) in [6.45, 7) is 2.82. The Balaban J connectivity index is 1.25. The van der Waals surface area contributed by atoms with Gasteiger partial charge >= 0.3 is 12.6 Å². The molecule has 3 heterocycles. The highest BCUT2D eigenvalue weighted by molar-refractivity contribution is 6.02. The second-order valence-corrected chi connectivity index (χ2v) is 11.8. The molecule has 5 rings (SSSR count). The van der Waals surface area contributed by atoms with Crippen molar-refractivity contribution in [2.75, 3.05) is 40.0 Å². The number of fused-ring (bicyclic) bond motifs is 1. The van der Waals surface area contributed by atoms with Crippen molar-refractivity contribution in [3.8, 4) is 28.5 Å². The summed E-state index contributed by atoms with van der Waals surface area (Å²) in [5, 5.41) is 10.6. The number of carbonyl (C=O) groups is 2. The second kappa shape index (κ2) is 13.5. The molecular weight excluding hydrogens is 576 g/mol. The zero-order valence-electron chi connectivity index (χ0n) is 25.3. The lowest BCUT2D eigenvalue weighted by molar-refractivity contribution is -0.157. The van der Waals surface area contributed by atoms with E-state index in [1.54, 1.807) is 41.9 Å². The number of methoxy groups -OCH3 is 1. The number of ketones is 1. The van der Waals surface area contributed by atoms with E-state index in [1.807, 2.05) is 6.92 Å². The molecule has 0 radical (unpaired) electrons. The standard InChI is InChI=1S/C32H39F2N3O7/c1-4-42-30(40)32(2)8-11-36(12-9-32)18-22(38)19-43-23-7-10-37-24(17-35-28(37)16-23)21-14-26(41-3)29(25(39)13-20-5-6-20)27(15-21)44-31(33)34/h7,10,14-17,20,22,31,38H,4-6,8-9,11-13,18-19H2,1-3H3. The van der Waals surface area contributed by atoms with Crippen molar-refractivity contribution < 1.29 is 42.4 Å². The lowest BCUT2D eigenvalue weighted by atomic mass is 9.80. The van der Waals surface area contributed by atoms with Gasteiger partial charge < -0.3 is 29.0 Å². The number of halogens is 2. The minimum Gasteiger partial charge on any atom is -0.496 e. The average molecular weight is 616 g/mol. The number of imidazole rings is 1. The molecular formula is C32H39F2N3O7. The van der Waals surface area contributed by atoms with E-state index in [0.717, 1.165) is 12.8 Å². The van der Waals surface area contributed by atoms with Gasteiger partial charge in [0.25, 0.3) is 0 Å². The summed E-state index contributed by atoms with van der Waals surface area (Å²) in [4.78, 5) is 31.8. The molecule has 0 bridgehead atoms. The smallest absolute Gasteiger partial charge is 0.387 e. The number of aliphatic hydroxyl groups excluding tert-OH is 1. The number of ether oxygens (including phenoxy) is 4. The van der Waals surface area contributed by atoms with Crippen LogP contribution in [-0.4, -0.2) is 83.8 Å². The van der Waals surface area contributed by atoms with E-state index >= 15 is 0 Å². The van der Waals surface area contributed by atoms with E-state index in [1.165, 1.54) is 13.2 Å². The third kappa shape index (κ3) is 7.29. The molecule has 1 saturated heterocycles. The summed E-state index contributed by atoms with van der Waals surface area (Å²) in [6, 6.07) is 6.47. The lowest BCUT2D eigenvalue weighted by Gasteiger charge is -2.38. The normalized spacial score (nSPS) is 17.4. The summed E-state index contributed by atoms with van der Waals surface area (Å²) < 4.78 is 49.8. The van der Waals surface area contributed by atoms with Crippen molar-refractivity contribution >= 4 is 17.4 Å². The second-order valence-electron chi connectivity index (χ2n) is 11.8. The number of hydrogen-bond donors (Lipinski definition) is 1. The Labute approximate surface area is 254 Å². The molecule has 1 aliphatic carbocycles. The van der Waals surface area contributed by atoms with Crippen LogP contribution in [0.1, 0.15) is 56.3 Å². The van der Waals surface area contributed by atoms with Crippen molar-refractivity contribution in [3.05, 3.63) is 42.2 Å². The highest BCUT2D eigenvalue weighted by atomic mass is 19.3. The summed E-state index contributed by atoms with van der Waals surface area (Å²) in [7, 11) is 1.39. The van der Waals surface area contributed by atoms with E-state index in [-0.39, 0.29) is 47.8 Å². The van der Waals surface area contributed by atoms with Crippen LogP contribution >= 0.6 is 0 Å². The minimum atomic E-state index is -3.11. The van der Waals surface area contributed by atoms with Crippen molar-refractivity contribution in [3.63, 3.8) is 0 Å². The Morgan fingerprint density at radius 1 is 1.16 bits per heavy atom. The van der Waals surface area contributed by atoms with Crippen LogP contribution in [0.25, 0.3) is 16.9 Å². The number of aromatic nitrogens is 2. The first kappa shape index (κ1) is 31.6. The van der Waals surface area contributed by atoms with Gasteiger partial charge in [0.1, 0.15) is 41.2 Å². The molecule has 0 amide bonds. The number of rotatable bonds is 14. The number of alkyl halides is 2. The quantitative estimate of drug-likeness (QED) is 0.198. The minimum absolute atomic E-state index is 0.0177. The number of Topliss-reactive ketones (excluding diaryl/α,β-unsaturated/α-hetero) is 1. The molecule has 238 valence electrons. The molecule has 1 unspecified atom stereocenters. The maximum atomic E-state index is 13.3. The molecule has 10 nitrogen and oxygen atoms in total. The Kier molecular flexibility index (Phi) is 9.69. The molecule has 1 aromatic carbocycles. The number of aliphatic hydroxyl groups is 1. The third-order valence-electron chi connectivity index (χ3n) is 8.37. The van der Waals surface area contributed by atoms with Gasteiger partial charge in [-0.3, -0.25) is 14.0 Å². The van der Waals surface area contributed by atoms with Crippen LogP contribution in [0.5, 0.6) is 17.2 Å². The molecule has 0 spiro atoms. The van der Waals surface area contributed by atoms with Gasteiger partial charge in [0.15, 0.2) is 5.78 Å². The Hall–Kier alpha value is -3.77. The Morgan fingerprint density at radius 3 is 2.55 bits per heavy atom. The van der Waals surface area contributed by atoms with E-state index in [4.69, 9.17) is 18.9 Å². The van der Waals surface area contributed by atoms with Gasteiger partial charge in [-0.25, -0.2) is 4.98 Å². The molecule has 12 heteroatoms. The fraction of sp³-hybridized carbons (Fsp3) is 0.531. The van der Waals surface area contributed by atoms with Gasteiger partial charge in [0, 0.05) is 30.8 Å². The fourth-order valence-electron chi connectivity index (χ4n) is 5.60. The monoisotopic (exact) mass is 615 g/mol. The van der Waals surface area contributed by atoms with Crippen LogP contribution in [0.2, 0.25) is 0 Å². The lowest BCUT2D eigenvalue weighted by Crippen LogP contribution is -2.46. The summed E-state index contributed by atoms with van der Waals surface area (Å²) in [6.07, 6.45) is 6.05. The van der Waals surface area contributed by atoms with E-state index in [0.29, 0.717) is 61.7 Å². The van der Waals surface area contributed by atoms with Gasteiger partial charge in [0.2, 0.25) is 0 Å². The third-order valence-corrected chi connectivity index (χ3v) is 8.37. The van der Waals surface area contributed by atoms with Crippen LogP contribution in [0, 0.1) is 11.3 Å². The maximum Gasteiger partial charge on any atom is 0.387 e. The van der Waals surface area contributed by atoms with Gasteiger partial charge in [0.05, 0.1) is 31.0 Å². The number of nitrogens with zero attached hydrogens (tertiary/aromatic N) is 3. The summed E-state index contributed by atoms with van der Waals surface area (Å²) >= 11 is 0. The average Bonchev–Trinajstić information content (AvgIpc) is 3.71. The zero-order chi connectivity index (χ0) is 31.4. The molecule has 2 aliphatic rings. The van der Waals surface area contributed by atoms with Crippen molar-refractivity contribution in [1.82, 2.24) is 14.3 Å². The van der Waals surface area contributed by atoms with Crippen LogP contribution in [0.15, 0.2) is 36.7 Å². The first-order valence-corrected chi connectivity index (χ1v) is 15.0. The maximum absolute atomic E-state index is 13.3. The fourth-order valence-corrected chi connectivity index (χ4v) is 5.60. The largest absolute Gasteiger partial charge is 0.496 e. The molecule has 1 saturated carbocycles. The molecule has 1 atom stereocenters. The summed E-state index contributed by atoms with van der Waals surface area (Å²) in [5.41, 5.74) is 1.11. The molecule has 44 heavy (non-hydrogen) atoms. The van der Waals surface area contributed by atoms with Crippen molar-refractivity contribution in [2.24, 2.45) is 11.3 Å². The highest BCUT2D eigenvalue weighted by Crippen LogP contribution is 2.40. The first-order valence-electron chi connectivity index (χ1n) is 15.0. The van der Waals surface area contributed by atoms with E-state index in [2.05, 4.69) is 9.88 Å². The molecule has 2 aromatic heterocycles. The number of esters is 1. The molecule has 1 N–H and O–H groups in total. The van der Waals surface area contributed by atoms with Crippen LogP contribution in [0.4, 0.5) is 8.78 Å². The van der Waals surface area contributed by atoms with Crippen molar-refractivity contribution in [1.29, 1.82) is 0 Å². The predicted octanol–water partition coefficient (Wildman–Crippen LogP) is 5.00. The van der Waals surface area contributed by atoms with Gasteiger partial charge in [-0.15, -0.1) is 0 Å². The van der Waals surface area contributed by atoms with E-state index in [9.17, 15) is 23.5 Å². The SMILES string of the molecule is CCOC(=O)C1(C)CCN(CC(O)COc2ccn3c(-c4cc(OC)c(C(=O)CC5CC5)c(OC(F)F)c4)cnc3c2)CC1. The summed E-state index contributed by atoms with van der Waals surface area (Å²) in [5.74, 6) is 0.237. The van der Waals surface area contributed by atoms with Crippen molar-refractivity contribution in [2.45, 2.75) is 58.7 Å². The number of benzene rings is 1. The van der Waals surface area contributed by atoms with Gasteiger partial charge in [-0.05, 0) is 76.7 Å². The number of pyridine rings is 1. The highest BCUT2D eigenvalue weighted by Gasteiger charge is 2.38. The number of β-amino-alcohol motifs (C(OH)–C–C–N with tert-alkyl or cyclic N) is 1. The van der Waals surface area contributed by atoms with Gasteiger partial charge in [-0.1, -0.05) is 0 Å². The number of hydrogen-bond acceptors (Lipinski definition) is 9. The number of piperidine rings is 1. The zero-order valence-corrected chi connectivity index (χ0v) is 25.3. The van der Waals surface area contributed by atoms with Crippen LogP contribution in [-0.2, 0) is 9.53 Å². The topological polar surface area (TPSA) is 112 Å². The number of likely N-dealkylation sites (tertiary alicyclic amines) is 1. The first-order chi connectivity index (χ1) is 21.1. The Bertz CT molecular complexity index is 1480. The molecule has 2 fully saturated rings. The van der Waals surface area contributed by atoms with Crippen LogP contribution in [0.3, 0.4) is 0 Å². The molecule has 1 aliphatic heterocycles. The van der Waals surface area contributed by atoms with Crippen LogP contribution < -0.4 is 14.2 Å². The Morgan fingerprint density at radius 2 is 1.89 bits per heavy atom. The van der Waals surface area contributed by atoms with E-state index < -0.39 is 18.1 Å². The molecule has 3 aromatic rings.